The Kier molecular flexibility index (Phi) is 6.68. The summed E-state index contributed by atoms with van der Waals surface area (Å²) < 4.78 is 5.65. The second-order valence-electron chi connectivity index (χ2n) is 9.26. The largest absolute Gasteiger partial charge is 0.360 e. The molecule has 1 aromatic carbocycles. The Balaban J connectivity index is 1.19. The number of nitrogens with zero attached hydrogens (tertiary/aromatic N) is 4. The average Bonchev–Trinajstić information content (AvgIpc) is 3.71. The van der Waals surface area contributed by atoms with Crippen LogP contribution < -0.4 is 0 Å². The lowest BCUT2D eigenvalue weighted by molar-refractivity contribution is -0.131. The van der Waals surface area contributed by atoms with Gasteiger partial charge in [-0.1, -0.05) is 29.4 Å². The van der Waals surface area contributed by atoms with Crippen molar-refractivity contribution in [3.63, 3.8) is 0 Å². The van der Waals surface area contributed by atoms with Crippen molar-refractivity contribution >= 4 is 28.6 Å². The fraction of sp³-hybridized carbons (Fsp3) is 0.241. The summed E-state index contributed by atoms with van der Waals surface area (Å²) in [7, 11) is 0. The molecule has 4 aromatic heterocycles. The van der Waals surface area contributed by atoms with Crippen LogP contribution in [-0.2, 0) is 11.2 Å². The number of piperidine rings is 1. The Morgan fingerprint density at radius 1 is 1.03 bits per heavy atom. The summed E-state index contributed by atoms with van der Waals surface area (Å²) in [6, 6.07) is 16.4. The summed E-state index contributed by atoms with van der Waals surface area (Å²) in [5.41, 5.74) is 5.85. The van der Waals surface area contributed by atoms with E-state index in [0.29, 0.717) is 12.3 Å². The molecule has 0 radical (unpaired) electrons. The van der Waals surface area contributed by atoms with Crippen LogP contribution in [0.2, 0.25) is 0 Å². The number of benzene rings is 1. The molecule has 0 aliphatic carbocycles. The summed E-state index contributed by atoms with van der Waals surface area (Å²) in [5, 5.41) is 9.67. The van der Waals surface area contributed by atoms with Gasteiger partial charge in [0.1, 0.15) is 11.5 Å². The van der Waals surface area contributed by atoms with E-state index in [1.807, 2.05) is 47.5 Å². The highest BCUT2D eigenvalue weighted by Crippen LogP contribution is 2.38. The van der Waals surface area contributed by atoms with Gasteiger partial charge in [0.2, 0.25) is 5.91 Å². The van der Waals surface area contributed by atoms with Crippen LogP contribution in [0.1, 0.15) is 34.4 Å². The number of carbonyl (C=O) groups excluding carboxylic acids is 1. The number of pyridine rings is 1. The van der Waals surface area contributed by atoms with Gasteiger partial charge in [0.05, 0.1) is 22.7 Å². The molecule has 1 amide bonds. The lowest BCUT2D eigenvalue weighted by Crippen LogP contribution is -2.38. The van der Waals surface area contributed by atoms with Gasteiger partial charge >= 0.3 is 0 Å². The SMILES string of the molecule is Cc1onc(-c2cccc(-c3ccncc3)c2)c1-c1csc(C2CCN(C(=O)Cc3cccs3)CC2)n1. The molecule has 0 saturated carbocycles. The Hall–Kier alpha value is -3.62. The van der Waals surface area contributed by atoms with Crippen molar-refractivity contribution in [3.8, 4) is 33.6 Å². The number of likely N-dealkylation sites (tertiary alicyclic amines) is 1. The van der Waals surface area contributed by atoms with Crippen molar-refractivity contribution in [2.24, 2.45) is 0 Å². The van der Waals surface area contributed by atoms with Crippen LogP contribution in [-0.4, -0.2) is 39.0 Å². The molecule has 0 atom stereocenters. The molecule has 0 N–H and O–H groups in total. The smallest absolute Gasteiger partial charge is 0.227 e. The third-order valence-electron chi connectivity index (χ3n) is 6.89. The van der Waals surface area contributed by atoms with E-state index < -0.39 is 0 Å². The number of aryl methyl sites for hydroxylation is 1. The van der Waals surface area contributed by atoms with Gasteiger partial charge in [0.15, 0.2) is 0 Å². The van der Waals surface area contributed by atoms with Crippen LogP contribution in [0, 0.1) is 6.92 Å². The van der Waals surface area contributed by atoms with E-state index >= 15 is 0 Å². The number of thiophene rings is 1. The first-order valence-corrected chi connectivity index (χ1v) is 14.1. The Labute approximate surface area is 223 Å². The van der Waals surface area contributed by atoms with Crippen molar-refractivity contribution in [2.75, 3.05) is 13.1 Å². The highest BCUT2D eigenvalue weighted by atomic mass is 32.1. The Morgan fingerprint density at radius 2 is 1.84 bits per heavy atom. The second-order valence-corrected chi connectivity index (χ2v) is 11.2. The van der Waals surface area contributed by atoms with E-state index in [1.165, 1.54) is 0 Å². The summed E-state index contributed by atoms with van der Waals surface area (Å²) >= 11 is 3.33. The molecule has 5 heterocycles. The zero-order valence-electron chi connectivity index (χ0n) is 20.5. The first kappa shape index (κ1) is 23.8. The van der Waals surface area contributed by atoms with Crippen LogP contribution in [0.4, 0.5) is 0 Å². The third kappa shape index (κ3) is 4.99. The van der Waals surface area contributed by atoms with E-state index in [-0.39, 0.29) is 5.91 Å². The fourth-order valence-corrected chi connectivity index (χ4v) is 6.58. The van der Waals surface area contributed by atoms with Gasteiger partial charge in [0, 0.05) is 47.2 Å². The van der Waals surface area contributed by atoms with Crippen molar-refractivity contribution < 1.29 is 9.32 Å². The van der Waals surface area contributed by atoms with E-state index in [4.69, 9.17) is 9.51 Å². The minimum absolute atomic E-state index is 0.222. The molecule has 186 valence electrons. The van der Waals surface area contributed by atoms with Gasteiger partial charge in [-0.25, -0.2) is 4.98 Å². The molecular weight excluding hydrogens is 500 g/mol. The molecule has 1 fully saturated rings. The van der Waals surface area contributed by atoms with Gasteiger partial charge in [-0.05, 0) is 60.5 Å². The van der Waals surface area contributed by atoms with Gasteiger partial charge in [-0.2, -0.15) is 0 Å². The van der Waals surface area contributed by atoms with Crippen molar-refractivity contribution in [1.29, 1.82) is 0 Å². The molecule has 0 bridgehead atoms. The lowest BCUT2D eigenvalue weighted by Gasteiger charge is -2.31. The van der Waals surface area contributed by atoms with Crippen molar-refractivity contribution in [3.05, 3.63) is 87.3 Å². The molecule has 0 spiro atoms. The third-order valence-corrected chi connectivity index (χ3v) is 8.78. The second kappa shape index (κ2) is 10.4. The first-order chi connectivity index (χ1) is 18.2. The summed E-state index contributed by atoms with van der Waals surface area (Å²) in [6.45, 7) is 3.50. The monoisotopic (exact) mass is 526 g/mol. The zero-order valence-corrected chi connectivity index (χ0v) is 22.1. The van der Waals surface area contributed by atoms with Crippen LogP contribution in [0.5, 0.6) is 0 Å². The van der Waals surface area contributed by atoms with Crippen LogP contribution in [0.15, 0.2) is 76.2 Å². The van der Waals surface area contributed by atoms with Gasteiger partial charge in [0.25, 0.3) is 0 Å². The van der Waals surface area contributed by atoms with Gasteiger partial charge in [-0.15, -0.1) is 22.7 Å². The fourth-order valence-electron chi connectivity index (χ4n) is 4.90. The van der Waals surface area contributed by atoms with Crippen LogP contribution in [0.3, 0.4) is 0 Å². The zero-order chi connectivity index (χ0) is 25.2. The number of aromatic nitrogens is 3. The first-order valence-electron chi connectivity index (χ1n) is 12.4. The van der Waals surface area contributed by atoms with Gasteiger partial charge in [-0.3, -0.25) is 9.78 Å². The highest BCUT2D eigenvalue weighted by molar-refractivity contribution is 7.10. The number of amides is 1. The molecule has 6 nitrogen and oxygen atoms in total. The quantitative estimate of drug-likeness (QED) is 0.242. The maximum absolute atomic E-state index is 12.7. The number of thiazole rings is 1. The number of rotatable bonds is 6. The minimum Gasteiger partial charge on any atom is -0.360 e. The predicted molar refractivity (Wildman–Crippen MR) is 148 cm³/mol. The molecule has 6 rings (SSSR count). The normalized spacial score (nSPS) is 14.2. The molecule has 1 aliphatic rings. The van der Waals surface area contributed by atoms with E-state index in [2.05, 4.69) is 33.7 Å². The van der Waals surface area contributed by atoms with E-state index in [9.17, 15) is 4.79 Å². The maximum Gasteiger partial charge on any atom is 0.227 e. The molecule has 1 saturated heterocycles. The number of hydrogen-bond donors (Lipinski definition) is 0. The molecule has 37 heavy (non-hydrogen) atoms. The van der Waals surface area contributed by atoms with E-state index in [1.54, 1.807) is 35.1 Å². The number of hydrogen-bond acceptors (Lipinski definition) is 7. The Morgan fingerprint density at radius 3 is 2.62 bits per heavy atom. The standard InChI is InChI=1S/C29H26N4O2S2/c1-19-27(28(32-35-19)23-5-2-4-22(16-23)20-7-11-30-12-8-20)25-18-37-29(31-25)21-9-13-33(14-10-21)26(34)17-24-6-3-15-36-24/h2-8,11-12,15-16,18,21H,9-10,13-14,17H2,1H3. The molecule has 0 unspecified atom stereocenters. The predicted octanol–water partition coefficient (Wildman–Crippen LogP) is 6.85. The highest BCUT2D eigenvalue weighted by Gasteiger charge is 2.27. The van der Waals surface area contributed by atoms with Gasteiger partial charge < -0.3 is 9.42 Å². The van der Waals surface area contributed by atoms with Crippen LogP contribution in [0.25, 0.3) is 33.6 Å². The molecule has 8 heteroatoms. The topological polar surface area (TPSA) is 72.1 Å². The van der Waals surface area contributed by atoms with Crippen molar-refractivity contribution in [2.45, 2.75) is 32.1 Å². The molecule has 1 aliphatic heterocycles. The van der Waals surface area contributed by atoms with Crippen molar-refractivity contribution in [1.82, 2.24) is 20.0 Å². The molecular formula is C29H26N4O2S2. The van der Waals surface area contributed by atoms with E-state index in [0.717, 1.165) is 75.2 Å². The average molecular weight is 527 g/mol. The summed E-state index contributed by atoms with van der Waals surface area (Å²) in [6.07, 6.45) is 5.98. The van der Waals surface area contributed by atoms with Crippen LogP contribution >= 0.6 is 22.7 Å². The lowest BCUT2D eigenvalue weighted by atomic mass is 9.97. The maximum atomic E-state index is 12.7. The molecule has 5 aromatic rings. The summed E-state index contributed by atoms with van der Waals surface area (Å²) in [4.78, 5) is 25.0. The number of carbonyl (C=O) groups is 1. The Bertz CT molecular complexity index is 1500. The minimum atomic E-state index is 0.222. The summed E-state index contributed by atoms with van der Waals surface area (Å²) in [5.74, 6) is 1.35.